The predicted molar refractivity (Wildman–Crippen MR) is 157 cm³/mol. The maximum Gasteiger partial charge on any atom is 0.274 e. The molecule has 0 bridgehead atoms. The Morgan fingerprint density at radius 3 is 2.26 bits per heavy atom. The fourth-order valence-electron chi connectivity index (χ4n) is 6.14. The number of carbonyl (C=O) groups excluding carboxylic acids is 2. The molecule has 4 heterocycles. The van der Waals surface area contributed by atoms with Crippen LogP contribution < -0.4 is 4.90 Å². The first-order valence-corrected chi connectivity index (χ1v) is 14.2. The number of nitrogens with zero attached hydrogens (tertiary/aromatic N) is 5. The van der Waals surface area contributed by atoms with Gasteiger partial charge in [-0.25, -0.2) is 13.5 Å². The average molecular weight is 570 g/mol. The van der Waals surface area contributed by atoms with Gasteiger partial charge in [0.15, 0.2) is 23.1 Å². The molecule has 0 unspecified atom stereocenters. The van der Waals surface area contributed by atoms with E-state index in [0.717, 1.165) is 29.1 Å². The number of pyridine rings is 1. The molecule has 2 saturated heterocycles. The molecule has 216 valence electrons. The zero-order valence-electron chi connectivity index (χ0n) is 24.0. The minimum atomic E-state index is -0.942. The number of halogens is 2. The van der Waals surface area contributed by atoms with Crippen molar-refractivity contribution in [2.24, 2.45) is 0 Å². The lowest BCUT2D eigenvalue weighted by Crippen LogP contribution is -2.56. The van der Waals surface area contributed by atoms with E-state index in [1.807, 2.05) is 29.2 Å². The van der Waals surface area contributed by atoms with Gasteiger partial charge in [0.05, 0.1) is 11.4 Å². The fraction of sp³-hybridized carbons (Fsp3) is 0.333. The second-order valence-electron chi connectivity index (χ2n) is 12.1. The van der Waals surface area contributed by atoms with E-state index in [1.165, 1.54) is 11.6 Å². The third-order valence-corrected chi connectivity index (χ3v) is 8.55. The molecule has 1 amide bonds. The van der Waals surface area contributed by atoms with Gasteiger partial charge in [0.2, 0.25) is 0 Å². The first-order valence-electron chi connectivity index (χ1n) is 14.2. The monoisotopic (exact) mass is 569 g/mol. The number of Topliss-reactive ketones (excluding diaryl/α,β-unsaturated/α-hetero) is 1. The third-order valence-electron chi connectivity index (χ3n) is 8.55. The van der Waals surface area contributed by atoms with Crippen molar-refractivity contribution in [1.82, 2.24) is 19.7 Å². The summed E-state index contributed by atoms with van der Waals surface area (Å²) in [6.45, 7) is 7.61. The van der Waals surface area contributed by atoms with Crippen molar-refractivity contribution in [3.63, 3.8) is 0 Å². The van der Waals surface area contributed by atoms with Gasteiger partial charge in [0.25, 0.3) is 5.91 Å². The van der Waals surface area contributed by atoms with Crippen LogP contribution in [0.3, 0.4) is 0 Å². The molecule has 2 aliphatic rings. The van der Waals surface area contributed by atoms with Crippen molar-refractivity contribution >= 4 is 17.4 Å². The number of hydrogen-bond acceptors (Lipinski definition) is 5. The van der Waals surface area contributed by atoms with Gasteiger partial charge in [-0.3, -0.25) is 14.6 Å². The number of piperidine rings is 1. The number of ketones is 1. The van der Waals surface area contributed by atoms with Crippen LogP contribution >= 0.6 is 0 Å². The van der Waals surface area contributed by atoms with Crippen LogP contribution in [0.1, 0.15) is 56.1 Å². The molecule has 7 nitrogen and oxygen atoms in total. The third kappa shape index (κ3) is 4.86. The van der Waals surface area contributed by atoms with Gasteiger partial charge in [-0.15, -0.1) is 0 Å². The smallest absolute Gasteiger partial charge is 0.274 e. The largest absolute Gasteiger partial charge is 0.358 e. The number of rotatable bonds is 4. The Kier molecular flexibility index (Phi) is 6.91. The maximum absolute atomic E-state index is 14.0. The summed E-state index contributed by atoms with van der Waals surface area (Å²) in [5, 5.41) is 4.75. The van der Waals surface area contributed by atoms with Crippen molar-refractivity contribution in [3.05, 3.63) is 95.9 Å². The lowest BCUT2D eigenvalue weighted by Gasteiger charge is -2.44. The number of likely N-dealkylation sites (tertiary alicyclic amines) is 1. The number of carbonyl (C=O) groups is 2. The number of hydrogen-bond donors (Lipinski definition) is 0. The quantitative estimate of drug-likeness (QED) is 0.303. The molecule has 0 aliphatic carbocycles. The highest BCUT2D eigenvalue weighted by molar-refractivity contribution is 5.97. The number of amides is 1. The van der Waals surface area contributed by atoms with Crippen molar-refractivity contribution in [2.45, 2.75) is 51.0 Å². The van der Waals surface area contributed by atoms with Gasteiger partial charge in [0, 0.05) is 55.8 Å². The lowest BCUT2D eigenvalue weighted by atomic mass is 9.83. The molecule has 0 N–H and O–H groups in total. The second-order valence-corrected chi connectivity index (χ2v) is 12.1. The van der Waals surface area contributed by atoms with Gasteiger partial charge in [-0.2, -0.15) is 5.10 Å². The van der Waals surface area contributed by atoms with Crippen LogP contribution in [-0.2, 0) is 10.2 Å². The Balaban J connectivity index is 1.27. The Bertz CT molecular complexity index is 1640. The van der Waals surface area contributed by atoms with Crippen molar-refractivity contribution in [3.8, 4) is 16.9 Å². The normalized spacial score (nSPS) is 16.8. The van der Waals surface area contributed by atoms with Crippen LogP contribution in [0.2, 0.25) is 0 Å². The summed E-state index contributed by atoms with van der Waals surface area (Å²) in [5.74, 6) is -2.01. The molecule has 0 saturated carbocycles. The van der Waals surface area contributed by atoms with Crippen LogP contribution in [-0.4, -0.2) is 56.5 Å². The van der Waals surface area contributed by atoms with Crippen molar-refractivity contribution < 1.29 is 18.4 Å². The Morgan fingerprint density at radius 2 is 1.62 bits per heavy atom. The van der Waals surface area contributed by atoms with Gasteiger partial charge < -0.3 is 9.80 Å². The summed E-state index contributed by atoms with van der Waals surface area (Å²) in [7, 11) is 0. The van der Waals surface area contributed by atoms with E-state index in [-0.39, 0.29) is 17.1 Å². The molecule has 9 heteroatoms. The summed E-state index contributed by atoms with van der Waals surface area (Å²) >= 11 is 0. The highest BCUT2D eigenvalue weighted by Crippen LogP contribution is 2.40. The van der Waals surface area contributed by atoms with Crippen molar-refractivity contribution in [2.75, 3.05) is 24.5 Å². The highest BCUT2D eigenvalue weighted by atomic mass is 19.2. The maximum atomic E-state index is 14.0. The molecule has 2 fully saturated rings. The van der Waals surface area contributed by atoms with E-state index in [2.05, 4.69) is 37.9 Å². The number of aromatic nitrogens is 3. The lowest BCUT2D eigenvalue weighted by molar-refractivity contribution is -0.123. The summed E-state index contributed by atoms with van der Waals surface area (Å²) < 4.78 is 29.4. The van der Waals surface area contributed by atoms with Crippen LogP contribution in [0.15, 0.2) is 73.1 Å². The molecule has 1 spiro atoms. The molecule has 0 atom stereocenters. The Labute approximate surface area is 243 Å². The van der Waals surface area contributed by atoms with Gasteiger partial charge in [-0.05, 0) is 66.3 Å². The van der Waals surface area contributed by atoms with Crippen LogP contribution in [0.25, 0.3) is 16.9 Å². The summed E-state index contributed by atoms with van der Waals surface area (Å²) in [5.41, 5.74) is 3.56. The van der Waals surface area contributed by atoms with Gasteiger partial charge >= 0.3 is 0 Å². The SMILES string of the molecule is CC(C)(C)c1ccc(-n2nc(C(=O)N3CCC4(CC3)C(=O)CCN4c3ccc(F)c(F)c3)cc2-c2cccnc2)cc1. The molecule has 42 heavy (non-hydrogen) atoms. The molecule has 2 aromatic heterocycles. The molecule has 2 aliphatic heterocycles. The molecule has 6 rings (SSSR count). The van der Waals surface area contributed by atoms with Crippen LogP contribution in [0.5, 0.6) is 0 Å². The average Bonchev–Trinajstić information content (AvgIpc) is 3.57. The van der Waals surface area contributed by atoms with E-state index in [9.17, 15) is 18.4 Å². The topological polar surface area (TPSA) is 71.3 Å². The molecule has 2 aromatic carbocycles. The summed E-state index contributed by atoms with van der Waals surface area (Å²) in [6.07, 6.45) is 4.59. The van der Waals surface area contributed by atoms with E-state index in [1.54, 1.807) is 28.0 Å². The molecular formula is C33H33F2N5O2. The van der Waals surface area contributed by atoms with Gasteiger partial charge in [0.1, 0.15) is 5.54 Å². The Hall–Kier alpha value is -4.40. The second kappa shape index (κ2) is 10.5. The zero-order chi connectivity index (χ0) is 29.6. The first-order chi connectivity index (χ1) is 20.1. The van der Waals surface area contributed by atoms with Crippen LogP contribution in [0, 0.1) is 11.6 Å². The molecular weight excluding hydrogens is 536 g/mol. The van der Waals surface area contributed by atoms with E-state index < -0.39 is 17.2 Å². The van der Waals surface area contributed by atoms with Crippen molar-refractivity contribution in [1.29, 1.82) is 0 Å². The minimum Gasteiger partial charge on any atom is -0.358 e. The Morgan fingerprint density at radius 1 is 0.905 bits per heavy atom. The standard InChI is InChI=1S/C33H33F2N5O2/c1-32(2,3)23-6-8-24(9-7-23)40-29(22-5-4-15-36-21-22)20-28(37-40)31(42)38-17-13-33(14-18-38)30(41)12-16-39(33)25-10-11-26(34)27(35)19-25/h4-11,15,19-21H,12-14,16-18H2,1-3H3. The summed E-state index contributed by atoms with van der Waals surface area (Å²) in [6, 6.07) is 17.5. The molecule has 0 radical (unpaired) electrons. The fourth-order valence-corrected chi connectivity index (χ4v) is 6.14. The summed E-state index contributed by atoms with van der Waals surface area (Å²) in [4.78, 5) is 34.8. The number of anilines is 1. The van der Waals surface area contributed by atoms with E-state index >= 15 is 0 Å². The van der Waals surface area contributed by atoms with E-state index in [0.29, 0.717) is 50.3 Å². The minimum absolute atomic E-state index is 0.00270. The van der Waals surface area contributed by atoms with E-state index in [4.69, 9.17) is 5.10 Å². The first kappa shape index (κ1) is 27.8. The predicted octanol–water partition coefficient (Wildman–Crippen LogP) is 5.96. The zero-order valence-corrected chi connectivity index (χ0v) is 24.0. The van der Waals surface area contributed by atoms with Crippen LogP contribution in [0.4, 0.5) is 14.5 Å². The molecule has 4 aromatic rings. The highest BCUT2D eigenvalue weighted by Gasteiger charge is 2.50. The van der Waals surface area contributed by atoms with Gasteiger partial charge in [-0.1, -0.05) is 32.9 Å². The number of benzene rings is 2.